The SMILES string of the molecule is N#Cc1cccc(NC(=O)CO/N=C/c2ccc(Cl)cc2)c1. The number of carbonyl (C=O) groups excluding carboxylic acids is 1. The number of rotatable bonds is 5. The van der Waals surface area contributed by atoms with Crippen LogP contribution in [-0.2, 0) is 9.63 Å². The van der Waals surface area contributed by atoms with Gasteiger partial charge in [-0.25, -0.2) is 0 Å². The predicted octanol–water partition coefficient (Wildman–Crippen LogP) is 3.20. The van der Waals surface area contributed by atoms with Crippen LogP contribution in [0.2, 0.25) is 5.02 Å². The van der Waals surface area contributed by atoms with Crippen molar-refractivity contribution in [2.24, 2.45) is 5.16 Å². The van der Waals surface area contributed by atoms with Gasteiger partial charge < -0.3 is 10.2 Å². The smallest absolute Gasteiger partial charge is 0.265 e. The summed E-state index contributed by atoms with van der Waals surface area (Å²) in [5.41, 5.74) is 1.82. The van der Waals surface area contributed by atoms with Gasteiger partial charge in [0.05, 0.1) is 17.8 Å². The third kappa shape index (κ3) is 4.93. The molecule has 2 rings (SSSR count). The van der Waals surface area contributed by atoms with Gasteiger partial charge in [-0.1, -0.05) is 35.0 Å². The maximum Gasteiger partial charge on any atom is 0.265 e. The Labute approximate surface area is 132 Å². The monoisotopic (exact) mass is 313 g/mol. The van der Waals surface area contributed by atoms with Gasteiger partial charge in [-0.15, -0.1) is 0 Å². The topological polar surface area (TPSA) is 74.5 Å². The summed E-state index contributed by atoms with van der Waals surface area (Å²) in [6, 6.07) is 15.6. The minimum Gasteiger partial charge on any atom is -0.386 e. The van der Waals surface area contributed by atoms with Gasteiger partial charge in [0, 0.05) is 10.7 Å². The molecule has 5 nitrogen and oxygen atoms in total. The second kappa shape index (κ2) is 7.81. The average Bonchev–Trinajstić information content (AvgIpc) is 2.53. The van der Waals surface area contributed by atoms with Crippen LogP contribution in [0.25, 0.3) is 0 Å². The Hall–Kier alpha value is -2.84. The number of hydrogen-bond donors (Lipinski definition) is 1. The highest BCUT2D eigenvalue weighted by atomic mass is 35.5. The van der Waals surface area contributed by atoms with Gasteiger partial charge in [-0.05, 0) is 35.9 Å². The van der Waals surface area contributed by atoms with Crippen LogP contribution >= 0.6 is 11.6 Å². The normalized spacial score (nSPS) is 10.2. The molecule has 0 aromatic heterocycles. The van der Waals surface area contributed by atoms with Gasteiger partial charge in [-0.2, -0.15) is 5.26 Å². The lowest BCUT2D eigenvalue weighted by molar-refractivity contribution is -0.120. The Kier molecular flexibility index (Phi) is 5.52. The zero-order chi connectivity index (χ0) is 15.8. The number of hydrogen-bond acceptors (Lipinski definition) is 4. The van der Waals surface area contributed by atoms with Crippen LogP contribution in [0.4, 0.5) is 5.69 Å². The van der Waals surface area contributed by atoms with E-state index >= 15 is 0 Å². The molecule has 0 heterocycles. The molecule has 0 bridgehead atoms. The van der Waals surface area contributed by atoms with E-state index in [2.05, 4.69) is 10.5 Å². The molecule has 22 heavy (non-hydrogen) atoms. The maximum absolute atomic E-state index is 11.7. The van der Waals surface area contributed by atoms with Crippen molar-refractivity contribution >= 4 is 29.4 Å². The van der Waals surface area contributed by atoms with Crippen molar-refractivity contribution in [3.8, 4) is 6.07 Å². The van der Waals surface area contributed by atoms with Gasteiger partial charge in [0.1, 0.15) is 0 Å². The molecular weight excluding hydrogens is 302 g/mol. The van der Waals surface area contributed by atoms with Crippen molar-refractivity contribution in [1.82, 2.24) is 0 Å². The van der Waals surface area contributed by atoms with Gasteiger partial charge >= 0.3 is 0 Å². The summed E-state index contributed by atoms with van der Waals surface area (Å²) in [7, 11) is 0. The minimum atomic E-state index is -0.358. The fourth-order valence-electron chi connectivity index (χ4n) is 1.61. The van der Waals surface area contributed by atoms with E-state index in [0.29, 0.717) is 16.3 Å². The molecule has 0 aliphatic carbocycles. The molecule has 0 aliphatic rings. The number of benzene rings is 2. The Balaban J connectivity index is 1.80. The second-order valence-corrected chi connectivity index (χ2v) is 4.74. The predicted molar refractivity (Wildman–Crippen MR) is 84.8 cm³/mol. The number of oxime groups is 1. The summed E-state index contributed by atoms with van der Waals surface area (Å²) >= 11 is 5.76. The lowest BCUT2D eigenvalue weighted by atomic mass is 10.2. The number of nitrogens with one attached hydrogen (secondary N) is 1. The number of halogens is 1. The van der Waals surface area contributed by atoms with E-state index in [1.807, 2.05) is 6.07 Å². The molecule has 110 valence electrons. The fourth-order valence-corrected chi connectivity index (χ4v) is 1.73. The summed E-state index contributed by atoms with van der Waals surface area (Å²) in [5, 5.41) is 15.7. The summed E-state index contributed by atoms with van der Waals surface area (Å²) in [6.45, 7) is -0.221. The molecule has 2 aromatic rings. The summed E-state index contributed by atoms with van der Waals surface area (Å²) in [6.07, 6.45) is 1.49. The highest BCUT2D eigenvalue weighted by Gasteiger charge is 2.03. The second-order valence-electron chi connectivity index (χ2n) is 4.30. The first-order valence-corrected chi connectivity index (χ1v) is 6.76. The standard InChI is InChI=1S/C16H12ClN3O2/c17-14-6-4-12(5-7-14)10-19-22-11-16(21)20-15-3-1-2-13(8-15)9-18/h1-8,10H,11H2,(H,20,21)/b19-10+. The third-order valence-corrected chi connectivity index (χ3v) is 2.87. The zero-order valence-corrected chi connectivity index (χ0v) is 12.2. The Morgan fingerprint density at radius 2 is 2.09 bits per heavy atom. The largest absolute Gasteiger partial charge is 0.386 e. The maximum atomic E-state index is 11.7. The molecule has 6 heteroatoms. The van der Waals surface area contributed by atoms with Crippen molar-refractivity contribution in [3.63, 3.8) is 0 Å². The van der Waals surface area contributed by atoms with Crippen LogP contribution in [0.1, 0.15) is 11.1 Å². The first kappa shape index (κ1) is 15.5. The molecule has 0 saturated carbocycles. The van der Waals surface area contributed by atoms with Crippen molar-refractivity contribution in [2.75, 3.05) is 11.9 Å². The van der Waals surface area contributed by atoms with E-state index < -0.39 is 0 Å². The Bertz CT molecular complexity index is 721. The minimum absolute atomic E-state index is 0.221. The van der Waals surface area contributed by atoms with Crippen LogP contribution in [0.3, 0.4) is 0 Å². The molecule has 0 atom stereocenters. The quantitative estimate of drug-likeness (QED) is 0.680. The van der Waals surface area contributed by atoms with Crippen molar-refractivity contribution in [1.29, 1.82) is 5.26 Å². The first-order chi connectivity index (χ1) is 10.7. The molecular formula is C16H12ClN3O2. The van der Waals surface area contributed by atoms with Crippen molar-refractivity contribution in [2.45, 2.75) is 0 Å². The van der Waals surface area contributed by atoms with E-state index in [4.69, 9.17) is 21.7 Å². The Morgan fingerprint density at radius 1 is 1.32 bits per heavy atom. The number of carbonyl (C=O) groups is 1. The van der Waals surface area contributed by atoms with Crippen LogP contribution in [0.5, 0.6) is 0 Å². The first-order valence-electron chi connectivity index (χ1n) is 6.38. The fraction of sp³-hybridized carbons (Fsp3) is 0.0625. The number of nitriles is 1. The van der Waals surface area contributed by atoms with E-state index in [1.54, 1.807) is 48.5 Å². The van der Waals surface area contributed by atoms with Crippen LogP contribution in [0, 0.1) is 11.3 Å². The third-order valence-electron chi connectivity index (χ3n) is 2.62. The van der Waals surface area contributed by atoms with E-state index in [-0.39, 0.29) is 12.5 Å². The molecule has 1 amide bonds. The average molecular weight is 314 g/mol. The highest BCUT2D eigenvalue weighted by molar-refractivity contribution is 6.30. The highest BCUT2D eigenvalue weighted by Crippen LogP contribution is 2.10. The van der Waals surface area contributed by atoms with Gasteiger partial charge in [0.15, 0.2) is 6.61 Å². The van der Waals surface area contributed by atoms with E-state index in [1.165, 1.54) is 6.21 Å². The molecule has 0 aliphatic heterocycles. The van der Waals surface area contributed by atoms with Crippen molar-refractivity contribution < 1.29 is 9.63 Å². The number of nitrogens with zero attached hydrogens (tertiary/aromatic N) is 2. The molecule has 0 unspecified atom stereocenters. The van der Waals surface area contributed by atoms with Gasteiger partial charge in [-0.3, -0.25) is 4.79 Å². The van der Waals surface area contributed by atoms with E-state index in [0.717, 1.165) is 5.56 Å². The summed E-state index contributed by atoms with van der Waals surface area (Å²) in [5.74, 6) is -0.358. The molecule has 1 N–H and O–H groups in total. The summed E-state index contributed by atoms with van der Waals surface area (Å²) < 4.78 is 0. The van der Waals surface area contributed by atoms with E-state index in [9.17, 15) is 4.79 Å². The van der Waals surface area contributed by atoms with Crippen LogP contribution < -0.4 is 5.32 Å². The number of anilines is 1. The van der Waals surface area contributed by atoms with Crippen LogP contribution in [-0.4, -0.2) is 18.7 Å². The van der Waals surface area contributed by atoms with Crippen LogP contribution in [0.15, 0.2) is 53.7 Å². The molecule has 0 spiro atoms. The van der Waals surface area contributed by atoms with Crippen molar-refractivity contribution in [3.05, 3.63) is 64.7 Å². The lowest BCUT2D eigenvalue weighted by Gasteiger charge is -2.04. The lowest BCUT2D eigenvalue weighted by Crippen LogP contribution is -2.17. The zero-order valence-electron chi connectivity index (χ0n) is 11.5. The van der Waals surface area contributed by atoms with Gasteiger partial charge in [0.2, 0.25) is 0 Å². The molecule has 2 aromatic carbocycles. The number of amides is 1. The molecule has 0 radical (unpaired) electrons. The van der Waals surface area contributed by atoms with Gasteiger partial charge in [0.25, 0.3) is 5.91 Å². The molecule has 0 saturated heterocycles. The summed E-state index contributed by atoms with van der Waals surface area (Å²) in [4.78, 5) is 16.6. The molecule has 0 fully saturated rings. The Morgan fingerprint density at radius 3 is 2.82 bits per heavy atom.